The Balaban J connectivity index is 1.97. The van der Waals surface area contributed by atoms with Crippen LogP contribution in [0, 0.1) is 0 Å². The zero-order chi connectivity index (χ0) is 13.7. The van der Waals surface area contributed by atoms with Crippen molar-refractivity contribution >= 4 is 31.9 Å². The highest BCUT2D eigenvalue weighted by Gasteiger charge is 2.08. The molecule has 1 aromatic heterocycles. The third kappa shape index (κ3) is 4.06. The van der Waals surface area contributed by atoms with Gasteiger partial charge >= 0.3 is 0 Å². The summed E-state index contributed by atoms with van der Waals surface area (Å²) in [5.74, 6) is 0.848. The quantitative estimate of drug-likeness (QED) is 0.794. The molecule has 0 atom stereocenters. The van der Waals surface area contributed by atoms with Gasteiger partial charge < -0.3 is 10.1 Å². The number of aromatic amines is 1. The summed E-state index contributed by atoms with van der Waals surface area (Å²) < 4.78 is 7.48. The standard InChI is InChI=1S/C13H15Br2N3O/c1-2-19-13-11(14)3-9(4-12(13)15)5-16-6-10-7-17-18-8-10/h3-4,7-8,16H,2,5-6H2,1H3,(H,17,18). The second kappa shape index (κ2) is 7.07. The molecule has 0 radical (unpaired) electrons. The minimum atomic E-state index is 0.648. The topological polar surface area (TPSA) is 49.9 Å². The SMILES string of the molecule is CCOc1c(Br)cc(CNCc2cn[nH]c2)cc1Br. The van der Waals surface area contributed by atoms with Crippen LogP contribution in [0.5, 0.6) is 5.75 Å². The second-order valence-electron chi connectivity index (χ2n) is 4.03. The van der Waals surface area contributed by atoms with E-state index in [0.29, 0.717) is 6.61 Å². The Hall–Kier alpha value is -0.850. The Morgan fingerprint density at radius 1 is 1.21 bits per heavy atom. The maximum absolute atomic E-state index is 5.56. The van der Waals surface area contributed by atoms with Crippen LogP contribution in [0.1, 0.15) is 18.1 Å². The van der Waals surface area contributed by atoms with Gasteiger partial charge in [-0.2, -0.15) is 5.10 Å². The molecule has 19 heavy (non-hydrogen) atoms. The van der Waals surface area contributed by atoms with E-state index in [9.17, 15) is 0 Å². The Bertz CT molecular complexity index is 506. The van der Waals surface area contributed by atoms with E-state index in [1.165, 1.54) is 5.56 Å². The lowest BCUT2D eigenvalue weighted by atomic mass is 10.2. The number of nitrogens with one attached hydrogen (secondary N) is 2. The number of rotatable bonds is 6. The predicted molar refractivity (Wildman–Crippen MR) is 82.1 cm³/mol. The molecule has 0 spiro atoms. The van der Waals surface area contributed by atoms with Gasteiger partial charge in [-0.25, -0.2) is 0 Å². The molecule has 0 saturated carbocycles. The molecule has 1 aromatic carbocycles. The first kappa shape index (κ1) is 14.6. The zero-order valence-electron chi connectivity index (χ0n) is 10.5. The van der Waals surface area contributed by atoms with E-state index in [-0.39, 0.29) is 0 Å². The first-order valence-corrected chi connectivity index (χ1v) is 7.58. The van der Waals surface area contributed by atoms with E-state index >= 15 is 0 Å². The van der Waals surface area contributed by atoms with E-state index in [2.05, 4.69) is 59.5 Å². The zero-order valence-corrected chi connectivity index (χ0v) is 13.7. The third-order valence-electron chi connectivity index (χ3n) is 2.56. The maximum Gasteiger partial charge on any atom is 0.147 e. The highest BCUT2D eigenvalue weighted by molar-refractivity contribution is 9.11. The van der Waals surface area contributed by atoms with Crippen molar-refractivity contribution in [3.63, 3.8) is 0 Å². The molecular weight excluding hydrogens is 374 g/mol. The number of halogens is 2. The number of aromatic nitrogens is 2. The van der Waals surface area contributed by atoms with Crippen molar-refractivity contribution in [1.82, 2.24) is 15.5 Å². The summed E-state index contributed by atoms with van der Waals surface area (Å²) in [7, 11) is 0. The van der Waals surface area contributed by atoms with Gasteiger partial charge in [0.2, 0.25) is 0 Å². The van der Waals surface area contributed by atoms with Crippen LogP contribution in [0.3, 0.4) is 0 Å². The molecule has 0 saturated heterocycles. The predicted octanol–water partition coefficient (Wildman–Crippen LogP) is 3.62. The van der Waals surface area contributed by atoms with Crippen LogP contribution >= 0.6 is 31.9 Å². The molecule has 102 valence electrons. The van der Waals surface area contributed by atoms with Gasteiger partial charge in [-0.05, 0) is 56.5 Å². The van der Waals surface area contributed by atoms with E-state index in [1.807, 2.05) is 19.3 Å². The van der Waals surface area contributed by atoms with Gasteiger partial charge in [-0.3, -0.25) is 5.10 Å². The molecule has 0 amide bonds. The lowest BCUT2D eigenvalue weighted by Crippen LogP contribution is -2.12. The number of H-pyrrole nitrogens is 1. The summed E-state index contributed by atoms with van der Waals surface area (Å²) in [6, 6.07) is 4.14. The fourth-order valence-electron chi connectivity index (χ4n) is 1.72. The van der Waals surface area contributed by atoms with Crippen molar-refractivity contribution < 1.29 is 4.74 Å². The van der Waals surface area contributed by atoms with Gasteiger partial charge in [0.15, 0.2) is 0 Å². The van der Waals surface area contributed by atoms with Gasteiger partial charge in [0.1, 0.15) is 5.75 Å². The Morgan fingerprint density at radius 2 is 1.89 bits per heavy atom. The van der Waals surface area contributed by atoms with Crippen molar-refractivity contribution in [1.29, 1.82) is 0 Å². The minimum Gasteiger partial charge on any atom is -0.492 e. The summed E-state index contributed by atoms with van der Waals surface area (Å²) in [5, 5.41) is 10.1. The molecule has 6 heteroatoms. The summed E-state index contributed by atoms with van der Waals surface area (Å²) in [6.45, 7) is 4.20. The van der Waals surface area contributed by atoms with Crippen LogP contribution in [0.15, 0.2) is 33.5 Å². The van der Waals surface area contributed by atoms with Gasteiger partial charge in [-0.1, -0.05) is 0 Å². The van der Waals surface area contributed by atoms with Gasteiger partial charge in [0.05, 0.1) is 21.7 Å². The number of benzene rings is 1. The van der Waals surface area contributed by atoms with E-state index in [1.54, 1.807) is 0 Å². The molecule has 0 unspecified atom stereocenters. The Labute approximate surface area is 129 Å². The summed E-state index contributed by atoms with van der Waals surface area (Å²) in [5.41, 5.74) is 2.33. The monoisotopic (exact) mass is 387 g/mol. The highest BCUT2D eigenvalue weighted by Crippen LogP contribution is 2.34. The number of hydrogen-bond donors (Lipinski definition) is 2. The maximum atomic E-state index is 5.56. The summed E-state index contributed by atoms with van der Waals surface area (Å²) >= 11 is 7.06. The van der Waals surface area contributed by atoms with Crippen LogP contribution in [0.2, 0.25) is 0 Å². The molecule has 0 aliphatic rings. The van der Waals surface area contributed by atoms with Crippen LogP contribution < -0.4 is 10.1 Å². The first-order chi connectivity index (χ1) is 9.20. The fraction of sp³-hybridized carbons (Fsp3) is 0.308. The van der Waals surface area contributed by atoms with Crippen LogP contribution in [-0.2, 0) is 13.1 Å². The first-order valence-electron chi connectivity index (χ1n) is 5.99. The van der Waals surface area contributed by atoms with Crippen molar-refractivity contribution in [2.24, 2.45) is 0 Å². The van der Waals surface area contributed by atoms with E-state index < -0.39 is 0 Å². The second-order valence-corrected chi connectivity index (χ2v) is 5.74. The molecule has 0 aliphatic heterocycles. The Kier molecular flexibility index (Phi) is 5.42. The molecule has 2 rings (SSSR count). The smallest absolute Gasteiger partial charge is 0.147 e. The molecule has 0 fully saturated rings. The summed E-state index contributed by atoms with van der Waals surface area (Å²) in [4.78, 5) is 0. The molecule has 2 aromatic rings. The lowest BCUT2D eigenvalue weighted by molar-refractivity contribution is 0.336. The minimum absolute atomic E-state index is 0.648. The van der Waals surface area contributed by atoms with Gasteiger partial charge in [0, 0.05) is 24.8 Å². The van der Waals surface area contributed by atoms with E-state index in [0.717, 1.165) is 33.3 Å². The average Bonchev–Trinajstić information content (AvgIpc) is 2.87. The van der Waals surface area contributed by atoms with Crippen molar-refractivity contribution in [2.75, 3.05) is 6.61 Å². The fourth-order valence-corrected chi connectivity index (χ4v) is 3.23. The molecule has 2 N–H and O–H groups in total. The van der Waals surface area contributed by atoms with Crippen LogP contribution in [-0.4, -0.2) is 16.8 Å². The normalized spacial score (nSPS) is 10.7. The highest BCUT2D eigenvalue weighted by atomic mass is 79.9. The van der Waals surface area contributed by atoms with Gasteiger partial charge in [0.25, 0.3) is 0 Å². The molecule has 0 bridgehead atoms. The molecule has 0 aliphatic carbocycles. The largest absolute Gasteiger partial charge is 0.492 e. The number of nitrogens with zero attached hydrogens (tertiary/aromatic N) is 1. The molecular formula is C13H15Br2N3O. The van der Waals surface area contributed by atoms with Crippen LogP contribution in [0.25, 0.3) is 0 Å². The number of ether oxygens (including phenoxy) is 1. The third-order valence-corrected chi connectivity index (χ3v) is 3.74. The van der Waals surface area contributed by atoms with Crippen molar-refractivity contribution in [2.45, 2.75) is 20.0 Å². The van der Waals surface area contributed by atoms with E-state index in [4.69, 9.17) is 4.74 Å². The van der Waals surface area contributed by atoms with Gasteiger partial charge in [-0.15, -0.1) is 0 Å². The molecule has 4 nitrogen and oxygen atoms in total. The average molecular weight is 389 g/mol. The van der Waals surface area contributed by atoms with Crippen LogP contribution in [0.4, 0.5) is 0 Å². The lowest BCUT2D eigenvalue weighted by Gasteiger charge is -2.11. The van der Waals surface area contributed by atoms with Crippen molar-refractivity contribution in [3.8, 4) is 5.75 Å². The molecule has 1 heterocycles. The van der Waals surface area contributed by atoms with Crippen molar-refractivity contribution in [3.05, 3.63) is 44.6 Å². The number of hydrogen-bond acceptors (Lipinski definition) is 3. The summed E-state index contributed by atoms with van der Waals surface area (Å²) in [6.07, 6.45) is 3.70. The Morgan fingerprint density at radius 3 is 2.47 bits per heavy atom.